The number of piperidine rings is 1. The molecule has 4 rings (SSSR count). The van der Waals surface area contributed by atoms with E-state index in [0.29, 0.717) is 18.7 Å². The van der Waals surface area contributed by atoms with Crippen LogP contribution in [0.2, 0.25) is 0 Å². The summed E-state index contributed by atoms with van der Waals surface area (Å²) in [6.45, 7) is 9.18. The van der Waals surface area contributed by atoms with Crippen molar-refractivity contribution in [1.29, 1.82) is 5.41 Å². The van der Waals surface area contributed by atoms with Gasteiger partial charge >= 0.3 is 0 Å². The Hall–Kier alpha value is -3.09. The lowest BCUT2D eigenvalue weighted by Gasteiger charge is -2.31. The molecule has 34 heavy (non-hydrogen) atoms. The first-order valence-electron chi connectivity index (χ1n) is 12.4. The molecule has 4 N–H and O–H groups in total. The van der Waals surface area contributed by atoms with Crippen LogP contribution in [0.4, 0.5) is 5.69 Å². The molecular weight excluding hydrogens is 426 g/mol. The van der Waals surface area contributed by atoms with Crippen LogP contribution in [0.3, 0.4) is 0 Å². The molecule has 0 atom stereocenters. The van der Waals surface area contributed by atoms with Crippen LogP contribution in [0, 0.1) is 10.8 Å². The van der Waals surface area contributed by atoms with Gasteiger partial charge in [0, 0.05) is 42.3 Å². The van der Waals surface area contributed by atoms with Crippen molar-refractivity contribution in [3.8, 4) is 0 Å². The summed E-state index contributed by atoms with van der Waals surface area (Å²) in [6.07, 6.45) is 5.01. The summed E-state index contributed by atoms with van der Waals surface area (Å²) in [7, 11) is 1.74. The third-order valence-corrected chi connectivity index (χ3v) is 6.79. The van der Waals surface area contributed by atoms with Crippen LogP contribution in [-0.2, 0) is 9.59 Å². The number of hydrogen-bond acceptors (Lipinski definition) is 4. The Bertz CT molecular complexity index is 1110. The first-order valence-corrected chi connectivity index (χ1v) is 12.4. The molecule has 1 fully saturated rings. The van der Waals surface area contributed by atoms with E-state index in [9.17, 15) is 9.59 Å². The van der Waals surface area contributed by atoms with Crippen molar-refractivity contribution in [1.82, 2.24) is 9.88 Å². The van der Waals surface area contributed by atoms with E-state index in [0.717, 1.165) is 65.7 Å². The maximum absolute atomic E-state index is 12.8. The minimum absolute atomic E-state index is 0.0562. The number of anilines is 1. The lowest BCUT2D eigenvalue weighted by molar-refractivity contribution is -0.137. The third-order valence-electron chi connectivity index (χ3n) is 6.79. The molecule has 0 unspecified atom stereocenters. The smallest absolute Gasteiger partial charge is 0.246 e. The highest BCUT2D eigenvalue weighted by atomic mass is 16.2. The van der Waals surface area contributed by atoms with Crippen molar-refractivity contribution in [3.63, 3.8) is 0 Å². The van der Waals surface area contributed by atoms with Crippen molar-refractivity contribution < 1.29 is 9.59 Å². The Labute approximate surface area is 202 Å². The van der Waals surface area contributed by atoms with Gasteiger partial charge in [-0.05, 0) is 61.3 Å². The van der Waals surface area contributed by atoms with E-state index in [1.165, 1.54) is 0 Å². The number of benzene rings is 1. The molecule has 1 aromatic heterocycles. The van der Waals surface area contributed by atoms with Gasteiger partial charge in [-0.25, -0.2) is 0 Å². The second-order valence-electron chi connectivity index (χ2n) is 9.90. The Balaban J connectivity index is 0.00000158. The highest BCUT2D eigenvalue weighted by Crippen LogP contribution is 2.38. The molecule has 1 aliphatic heterocycles. The first-order chi connectivity index (χ1) is 16.1. The number of likely N-dealkylation sites (tertiary alicyclic amines) is 1. The number of carbonyl (C=O) groups excluding carboxylic acids is 2. The maximum atomic E-state index is 12.8. The number of nitrogens with one attached hydrogen (secondary N) is 2. The number of allylic oxidation sites excluding steroid dienone is 2. The molecule has 0 saturated carbocycles. The van der Waals surface area contributed by atoms with Gasteiger partial charge in [0.15, 0.2) is 0 Å². The van der Waals surface area contributed by atoms with Gasteiger partial charge in [-0.2, -0.15) is 0 Å². The average Bonchev–Trinajstić information content (AvgIpc) is 3.24. The van der Waals surface area contributed by atoms with E-state index >= 15 is 0 Å². The molecule has 2 aromatic rings. The molecule has 0 bridgehead atoms. The summed E-state index contributed by atoms with van der Waals surface area (Å²) in [5.41, 5.74) is 11.0. The molecule has 1 saturated heterocycles. The fourth-order valence-corrected chi connectivity index (χ4v) is 4.68. The molecule has 1 aliphatic carbocycles. The van der Waals surface area contributed by atoms with Crippen LogP contribution in [-0.4, -0.2) is 47.5 Å². The Morgan fingerprint density at radius 3 is 2.62 bits per heavy atom. The van der Waals surface area contributed by atoms with Gasteiger partial charge in [0.05, 0.1) is 11.4 Å². The highest BCUT2D eigenvalue weighted by molar-refractivity contribution is 6.12. The first kappa shape index (κ1) is 25.5. The van der Waals surface area contributed by atoms with Gasteiger partial charge in [-0.3, -0.25) is 15.0 Å². The van der Waals surface area contributed by atoms with Crippen molar-refractivity contribution in [2.45, 2.75) is 66.2 Å². The van der Waals surface area contributed by atoms with Crippen molar-refractivity contribution in [2.75, 3.05) is 25.0 Å². The second-order valence-corrected chi connectivity index (χ2v) is 9.90. The van der Waals surface area contributed by atoms with E-state index in [4.69, 9.17) is 11.1 Å². The summed E-state index contributed by atoms with van der Waals surface area (Å²) < 4.78 is 0. The average molecular weight is 466 g/mol. The summed E-state index contributed by atoms with van der Waals surface area (Å²) in [4.78, 5) is 31.4. The number of nitrogens with two attached hydrogens (primary N) is 1. The van der Waals surface area contributed by atoms with Crippen LogP contribution in [0.25, 0.3) is 10.9 Å². The van der Waals surface area contributed by atoms with Gasteiger partial charge in [0.2, 0.25) is 11.8 Å². The van der Waals surface area contributed by atoms with E-state index < -0.39 is 0 Å². The van der Waals surface area contributed by atoms with E-state index in [-0.39, 0.29) is 23.8 Å². The minimum Gasteiger partial charge on any atom is -0.402 e. The Morgan fingerprint density at radius 1 is 1.21 bits per heavy atom. The van der Waals surface area contributed by atoms with E-state index in [1.807, 2.05) is 38.1 Å². The standard InChI is InChI=1S/C25H33N5O2.C2H6/c1-25(2)10-9-18(19(26)14-25)24(27)21-12-16-7-8-17(13-20(16)28-21)29(3)23(32)15-30-11-5-4-6-22(30)31;1-2/h7-8,12-13,27-28H,4-6,9-11,14-15,26H2,1-3H3;1-2H3. The summed E-state index contributed by atoms with van der Waals surface area (Å²) >= 11 is 0. The normalized spacial score (nSPS) is 17.9. The number of amides is 2. The zero-order chi connectivity index (χ0) is 25.0. The van der Waals surface area contributed by atoms with E-state index in [1.54, 1.807) is 16.8 Å². The fourth-order valence-electron chi connectivity index (χ4n) is 4.68. The molecule has 2 amide bonds. The third kappa shape index (κ3) is 5.51. The number of aromatic amines is 1. The monoisotopic (exact) mass is 465 g/mol. The highest BCUT2D eigenvalue weighted by Gasteiger charge is 2.28. The van der Waals surface area contributed by atoms with Crippen LogP contribution >= 0.6 is 0 Å². The lowest BCUT2D eigenvalue weighted by atomic mass is 9.75. The number of rotatable bonds is 5. The largest absolute Gasteiger partial charge is 0.402 e. The fraction of sp³-hybridized carbons (Fsp3) is 0.519. The van der Waals surface area contributed by atoms with Crippen LogP contribution in [0.1, 0.15) is 71.9 Å². The van der Waals surface area contributed by atoms with Gasteiger partial charge in [0.25, 0.3) is 0 Å². The predicted octanol–water partition coefficient (Wildman–Crippen LogP) is 4.96. The SMILES string of the molecule is CC.CN(C(=O)CN1CCCCC1=O)c1ccc2cc(C(=N)C3=C(N)CC(C)(C)CC3)[nH]c2c1. The predicted molar refractivity (Wildman–Crippen MR) is 139 cm³/mol. The Kier molecular flexibility index (Phi) is 7.85. The molecular formula is C27H39N5O2. The van der Waals surface area contributed by atoms with Crippen molar-refractivity contribution in [3.05, 3.63) is 41.2 Å². The topological polar surface area (TPSA) is 106 Å². The number of nitrogens with zero attached hydrogens (tertiary/aromatic N) is 2. The van der Waals surface area contributed by atoms with Gasteiger partial charge < -0.3 is 20.5 Å². The number of hydrogen-bond donors (Lipinski definition) is 3. The summed E-state index contributed by atoms with van der Waals surface area (Å²) in [5, 5.41) is 9.70. The Morgan fingerprint density at radius 2 is 1.94 bits per heavy atom. The molecule has 1 aromatic carbocycles. The second kappa shape index (κ2) is 10.5. The summed E-state index contributed by atoms with van der Waals surface area (Å²) in [5.74, 6) is -0.0532. The van der Waals surface area contributed by atoms with E-state index in [2.05, 4.69) is 18.8 Å². The van der Waals surface area contributed by atoms with Crippen LogP contribution in [0.5, 0.6) is 0 Å². The van der Waals surface area contributed by atoms with Gasteiger partial charge in [0.1, 0.15) is 6.54 Å². The van der Waals surface area contributed by atoms with Crippen molar-refractivity contribution >= 4 is 34.1 Å². The molecule has 0 spiro atoms. The zero-order valence-corrected chi connectivity index (χ0v) is 21.3. The van der Waals surface area contributed by atoms with Crippen molar-refractivity contribution in [2.24, 2.45) is 11.1 Å². The molecule has 2 aliphatic rings. The van der Waals surface area contributed by atoms with Gasteiger partial charge in [-0.1, -0.05) is 33.8 Å². The zero-order valence-electron chi connectivity index (χ0n) is 21.3. The summed E-state index contributed by atoms with van der Waals surface area (Å²) in [6, 6.07) is 7.74. The molecule has 7 nitrogen and oxygen atoms in total. The number of aromatic nitrogens is 1. The molecule has 0 radical (unpaired) electrons. The molecule has 184 valence electrons. The molecule has 2 heterocycles. The number of carbonyl (C=O) groups is 2. The number of likely N-dealkylation sites (N-methyl/N-ethyl adjacent to an activating group) is 1. The maximum Gasteiger partial charge on any atom is 0.246 e. The van der Waals surface area contributed by atoms with Crippen LogP contribution < -0.4 is 10.6 Å². The molecule has 7 heteroatoms. The quantitative estimate of drug-likeness (QED) is 0.543. The lowest BCUT2D eigenvalue weighted by Crippen LogP contribution is -2.43. The number of H-pyrrole nitrogens is 1. The minimum atomic E-state index is -0.109. The van der Waals surface area contributed by atoms with Crippen LogP contribution in [0.15, 0.2) is 35.5 Å². The number of fused-ring (bicyclic) bond motifs is 1. The van der Waals surface area contributed by atoms with Gasteiger partial charge in [-0.15, -0.1) is 0 Å².